The second-order valence-corrected chi connectivity index (χ2v) is 5.20. The second kappa shape index (κ2) is 3.72. The Morgan fingerprint density at radius 2 is 2.25 bits per heavy atom. The summed E-state index contributed by atoms with van der Waals surface area (Å²) in [6, 6.07) is 0. The minimum Gasteiger partial charge on any atom is -0.376 e. The number of morpholine rings is 1. The van der Waals surface area contributed by atoms with E-state index in [1.54, 1.807) is 6.92 Å². The first kappa shape index (κ1) is 9.95. The number of sulfonamides is 1. The lowest BCUT2D eigenvalue weighted by Crippen LogP contribution is -2.45. The van der Waals surface area contributed by atoms with Crippen molar-refractivity contribution < 1.29 is 13.2 Å². The lowest BCUT2D eigenvalue weighted by Gasteiger charge is -2.29. The summed E-state index contributed by atoms with van der Waals surface area (Å²) >= 11 is 0. The van der Waals surface area contributed by atoms with Gasteiger partial charge >= 0.3 is 0 Å². The highest BCUT2D eigenvalue weighted by molar-refractivity contribution is 7.89. The van der Waals surface area contributed by atoms with Gasteiger partial charge in [-0.15, -0.1) is 0 Å². The molecule has 4 nitrogen and oxygen atoms in total. The van der Waals surface area contributed by atoms with Gasteiger partial charge in [-0.05, 0) is 13.8 Å². The van der Waals surface area contributed by atoms with E-state index in [2.05, 4.69) is 0 Å². The van der Waals surface area contributed by atoms with Crippen LogP contribution in [0.5, 0.6) is 0 Å². The molecule has 0 radical (unpaired) electrons. The van der Waals surface area contributed by atoms with Crippen molar-refractivity contribution in [3.05, 3.63) is 0 Å². The maximum Gasteiger partial charge on any atom is 0.213 e. The summed E-state index contributed by atoms with van der Waals surface area (Å²) in [6.45, 7) is 5.06. The van der Waals surface area contributed by atoms with Gasteiger partial charge in [-0.2, -0.15) is 4.31 Å². The molecular formula is C7H15NO3S. The van der Waals surface area contributed by atoms with E-state index in [4.69, 9.17) is 4.74 Å². The maximum absolute atomic E-state index is 11.4. The Kier molecular flexibility index (Phi) is 3.09. The molecule has 1 aliphatic heterocycles. The summed E-state index contributed by atoms with van der Waals surface area (Å²) in [5, 5.41) is 0. The molecule has 1 heterocycles. The van der Waals surface area contributed by atoms with Crippen LogP contribution in [-0.2, 0) is 14.8 Å². The van der Waals surface area contributed by atoms with E-state index < -0.39 is 10.0 Å². The highest BCUT2D eigenvalue weighted by Gasteiger charge is 2.25. The van der Waals surface area contributed by atoms with Gasteiger partial charge in [-0.25, -0.2) is 8.42 Å². The summed E-state index contributed by atoms with van der Waals surface area (Å²) in [5.41, 5.74) is 0. The maximum atomic E-state index is 11.4. The van der Waals surface area contributed by atoms with Crippen molar-refractivity contribution >= 4 is 10.0 Å². The molecule has 0 saturated carbocycles. The fourth-order valence-electron chi connectivity index (χ4n) is 1.22. The minimum absolute atomic E-state index is 0.0278. The zero-order valence-corrected chi connectivity index (χ0v) is 8.30. The third-order valence-corrected chi connectivity index (χ3v) is 3.81. The molecule has 5 heteroatoms. The molecule has 72 valence electrons. The molecule has 0 N–H and O–H groups in total. The van der Waals surface area contributed by atoms with E-state index in [1.165, 1.54) is 4.31 Å². The van der Waals surface area contributed by atoms with Crippen LogP contribution in [0.15, 0.2) is 0 Å². The van der Waals surface area contributed by atoms with Gasteiger partial charge in [0, 0.05) is 13.1 Å². The van der Waals surface area contributed by atoms with Crippen LogP contribution in [0.25, 0.3) is 0 Å². The van der Waals surface area contributed by atoms with Gasteiger partial charge in [0.1, 0.15) is 0 Å². The fraction of sp³-hybridized carbons (Fsp3) is 1.00. The average molecular weight is 193 g/mol. The highest BCUT2D eigenvalue weighted by atomic mass is 32.2. The van der Waals surface area contributed by atoms with Crippen molar-refractivity contribution in [2.24, 2.45) is 0 Å². The van der Waals surface area contributed by atoms with Crippen molar-refractivity contribution in [1.29, 1.82) is 0 Å². The van der Waals surface area contributed by atoms with Crippen molar-refractivity contribution in [3.8, 4) is 0 Å². The van der Waals surface area contributed by atoms with Gasteiger partial charge in [0.05, 0.1) is 18.5 Å². The normalized spacial score (nSPS) is 27.3. The van der Waals surface area contributed by atoms with Crippen molar-refractivity contribution in [3.63, 3.8) is 0 Å². The predicted octanol–water partition coefficient (Wildman–Crippen LogP) is 0.0568. The quantitative estimate of drug-likeness (QED) is 0.623. The van der Waals surface area contributed by atoms with Crippen LogP contribution in [0, 0.1) is 0 Å². The molecule has 1 saturated heterocycles. The van der Waals surface area contributed by atoms with Crippen molar-refractivity contribution in [2.75, 3.05) is 25.4 Å². The molecule has 0 aromatic rings. The molecule has 0 spiro atoms. The second-order valence-electron chi connectivity index (χ2n) is 2.94. The van der Waals surface area contributed by atoms with E-state index >= 15 is 0 Å². The molecule has 0 aromatic heterocycles. The van der Waals surface area contributed by atoms with E-state index in [9.17, 15) is 8.42 Å². The Morgan fingerprint density at radius 1 is 1.58 bits per heavy atom. The Balaban J connectivity index is 2.63. The first-order valence-electron chi connectivity index (χ1n) is 4.15. The zero-order valence-electron chi connectivity index (χ0n) is 7.49. The first-order chi connectivity index (χ1) is 5.56. The minimum atomic E-state index is -3.00. The molecule has 0 bridgehead atoms. The SMILES string of the molecule is CCS(=O)(=O)N1CCOC(C)C1. The Morgan fingerprint density at radius 3 is 2.75 bits per heavy atom. The molecule has 0 aliphatic carbocycles. The first-order valence-corrected chi connectivity index (χ1v) is 5.76. The van der Waals surface area contributed by atoms with Crippen LogP contribution >= 0.6 is 0 Å². The molecule has 1 rings (SSSR count). The van der Waals surface area contributed by atoms with Gasteiger partial charge in [0.25, 0.3) is 0 Å². The van der Waals surface area contributed by atoms with Crippen molar-refractivity contribution in [1.82, 2.24) is 4.31 Å². The molecule has 12 heavy (non-hydrogen) atoms. The van der Waals surface area contributed by atoms with Gasteiger partial charge in [-0.1, -0.05) is 0 Å². The van der Waals surface area contributed by atoms with E-state index in [1.807, 2.05) is 6.92 Å². The third-order valence-electron chi connectivity index (χ3n) is 1.96. The van der Waals surface area contributed by atoms with Gasteiger partial charge in [-0.3, -0.25) is 0 Å². The Bertz CT molecular complexity index is 237. The molecular weight excluding hydrogens is 178 g/mol. The van der Waals surface area contributed by atoms with Crippen LogP contribution < -0.4 is 0 Å². The highest BCUT2D eigenvalue weighted by Crippen LogP contribution is 2.09. The van der Waals surface area contributed by atoms with E-state index in [-0.39, 0.29) is 11.9 Å². The fourth-order valence-corrected chi connectivity index (χ4v) is 2.38. The summed E-state index contributed by atoms with van der Waals surface area (Å²) < 4.78 is 29.5. The van der Waals surface area contributed by atoms with Gasteiger partial charge in [0.15, 0.2) is 0 Å². The summed E-state index contributed by atoms with van der Waals surface area (Å²) in [6.07, 6.45) is 0.0278. The van der Waals surface area contributed by atoms with E-state index in [0.717, 1.165) is 0 Å². The number of nitrogens with zero attached hydrogens (tertiary/aromatic N) is 1. The monoisotopic (exact) mass is 193 g/mol. The molecule has 1 fully saturated rings. The van der Waals surface area contributed by atoms with Crippen LogP contribution in [0.4, 0.5) is 0 Å². The third kappa shape index (κ3) is 2.18. The predicted molar refractivity (Wildman–Crippen MR) is 46.4 cm³/mol. The smallest absolute Gasteiger partial charge is 0.213 e. The van der Waals surface area contributed by atoms with E-state index in [0.29, 0.717) is 19.7 Å². The number of rotatable bonds is 2. The largest absolute Gasteiger partial charge is 0.376 e. The number of ether oxygens (including phenoxy) is 1. The van der Waals surface area contributed by atoms with Crippen molar-refractivity contribution in [2.45, 2.75) is 20.0 Å². The topological polar surface area (TPSA) is 46.6 Å². The molecule has 1 unspecified atom stereocenters. The summed E-state index contributed by atoms with van der Waals surface area (Å²) in [5.74, 6) is 0.180. The summed E-state index contributed by atoms with van der Waals surface area (Å²) in [4.78, 5) is 0. The summed E-state index contributed by atoms with van der Waals surface area (Å²) in [7, 11) is -3.00. The lowest BCUT2D eigenvalue weighted by atomic mass is 10.3. The van der Waals surface area contributed by atoms with Gasteiger partial charge < -0.3 is 4.74 Å². The Labute approximate surface area is 73.6 Å². The molecule has 0 aromatic carbocycles. The molecule has 0 amide bonds. The van der Waals surface area contributed by atoms with Crippen LogP contribution in [0.2, 0.25) is 0 Å². The van der Waals surface area contributed by atoms with Gasteiger partial charge in [0.2, 0.25) is 10.0 Å². The number of hydrogen-bond donors (Lipinski definition) is 0. The molecule has 1 atom stereocenters. The average Bonchev–Trinajstić information content (AvgIpc) is 2.05. The van der Waals surface area contributed by atoms with Crippen LogP contribution in [0.1, 0.15) is 13.8 Å². The van der Waals surface area contributed by atoms with Crippen LogP contribution in [0.3, 0.4) is 0 Å². The Hall–Kier alpha value is -0.130. The molecule has 1 aliphatic rings. The van der Waals surface area contributed by atoms with Crippen LogP contribution in [-0.4, -0.2) is 44.3 Å². The zero-order chi connectivity index (χ0) is 9.19. The number of hydrogen-bond acceptors (Lipinski definition) is 3. The standard InChI is InChI=1S/C7H15NO3S/c1-3-12(9,10)8-4-5-11-7(2)6-8/h7H,3-6H2,1-2H3. The lowest BCUT2D eigenvalue weighted by molar-refractivity contribution is 0.0102.